The number of carbonyl (C=O) groups is 2. The third-order valence-corrected chi connectivity index (χ3v) is 7.37. The second-order valence-corrected chi connectivity index (χ2v) is 9.02. The second kappa shape index (κ2) is 6.41. The van der Waals surface area contributed by atoms with Crippen LogP contribution in [0.15, 0.2) is 36.4 Å². The molecule has 0 saturated carbocycles. The fourth-order valence-corrected chi connectivity index (χ4v) is 5.91. The Morgan fingerprint density at radius 2 is 2.23 bits per heavy atom. The summed E-state index contributed by atoms with van der Waals surface area (Å²) in [4.78, 5) is 38.6. The standard InChI is InChI=1S/C23H26N4O3/c1-2-26-13-23-10-9-17(30-23)18(19(23)22(26)29)21(28)27-11-5-6-14(12-27)20-24-15-7-3-4-8-16(15)25-20/h3-4,7-10,14,17-19H,2,5-6,11-13H2,1H3,(H,24,25)/t14-,17-,18+,19-,23-/m1/s1. The van der Waals surface area contributed by atoms with Crippen molar-refractivity contribution >= 4 is 22.8 Å². The van der Waals surface area contributed by atoms with Gasteiger partial charge in [-0.05, 0) is 31.9 Å². The number of H-pyrrole nitrogens is 1. The van der Waals surface area contributed by atoms with Crippen molar-refractivity contribution in [2.24, 2.45) is 11.8 Å². The molecule has 0 radical (unpaired) electrons. The molecule has 30 heavy (non-hydrogen) atoms. The first-order valence-corrected chi connectivity index (χ1v) is 11.0. The van der Waals surface area contributed by atoms with Gasteiger partial charge in [0, 0.05) is 25.6 Å². The number of likely N-dealkylation sites (N-methyl/N-ethyl adjacent to an activating group) is 1. The molecule has 4 aliphatic heterocycles. The average molecular weight is 406 g/mol. The summed E-state index contributed by atoms with van der Waals surface area (Å²) in [5.41, 5.74) is 1.38. The maximum Gasteiger partial charge on any atom is 0.230 e. The first-order chi connectivity index (χ1) is 14.6. The molecule has 1 aromatic heterocycles. The number of amides is 2. The summed E-state index contributed by atoms with van der Waals surface area (Å²) in [5.74, 6) is 0.464. The van der Waals surface area contributed by atoms with Crippen molar-refractivity contribution in [3.63, 3.8) is 0 Å². The zero-order chi connectivity index (χ0) is 20.5. The molecule has 2 aromatic rings. The first kappa shape index (κ1) is 18.1. The van der Waals surface area contributed by atoms with Gasteiger partial charge in [-0.1, -0.05) is 24.3 Å². The molecule has 0 aliphatic carbocycles. The summed E-state index contributed by atoms with van der Waals surface area (Å²) >= 11 is 0. The highest BCUT2D eigenvalue weighted by molar-refractivity contribution is 5.93. The highest BCUT2D eigenvalue weighted by Gasteiger charge is 2.67. The van der Waals surface area contributed by atoms with E-state index in [-0.39, 0.29) is 29.8 Å². The lowest BCUT2D eigenvalue weighted by atomic mass is 9.76. The van der Waals surface area contributed by atoms with Crippen molar-refractivity contribution in [3.8, 4) is 0 Å². The normalized spacial score (nSPS) is 34.9. The van der Waals surface area contributed by atoms with E-state index in [2.05, 4.69) is 4.98 Å². The lowest BCUT2D eigenvalue weighted by molar-refractivity contribution is -0.144. The number of carbonyl (C=O) groups excluding carboxylic acids is 2. The third-order valence-electron chi connectivity index (χ3n) is 7.37. The van der Waals surface area contributed by atoms with E-state index in [1.165, 1.54) is 0 Å². The predicted octanol–water partition coefficient (Wildman–Crippen LogP) is 2.07. The van der Waals surface area contributed by atoms with Crippen LogP contribution in [0.5, 0.6) is 0 Å². The van der Waals surface area contributed by atoms with Crippen LogP contribution in [0.1, 0.15) is 31.5 Å². The molecule has 1 spiro atoms. The van der Waals surface area contributed by atoms with Gasteiger partial charge in [0.15, 0.2) is 0 Å². The van der Waals surface area contributed by atoms with Crippen molar-refractivity contribution in [1.82, 2.24) is 19.8 Å². The summed E-state index contributed by atoms with van der Waals surface area (Å²) in [7, 11) is 0. The second-order valence-electron chi connectivity index (χ2n) is 9.02. The molecule has 156 valence electrons. The molecule has 0 unspecified atom stereocenters. The van der Waals surface area contributed by atoms with Crippen LogP contribution in [-0.2, 0) is 14.3 Å². The highest BCUT2D eigenvalue weighted by Crippen LogP contribution is 2.52. The number of benzene rings is 1. The number of imidazole rings is 1. The monoisotopic (exact) mass is 406 g/mol. The van der Waals surface area contributed by atoms with Gasteiger partial charge < -0.3 is 19.5 Å². The van der Waals surface area contributed by atoms with E-state index in [0.717, 1.165) is 36.2 Å². The number of hydrogen-bond donors (Lipinski definition) is 1. The van der Waals surface area contributed by atoms with Crippen LogP contribution in [0.2, 0.25) is 0 Å². The van der Waals surface area contributed by atoms with E-state index in [0.29, 0.717) is 19.6 Å². The van der Waals surface area contributed by atoms with Gasteiger partial charge in [0.2, 0.25) is 11.8 Å². The summed E-state index contributed by atoms with van der Waals surface area (Å²) in [5, 5.41) is 0. The van der Waals surface area contributed by atoms with Crippen LogP contribution in [0.3, 0.4) is 0 Å². The minimum atomic E-state index is -0.605. The first-order valence-electron chi connectivity index (χ1n) is 11.0. The van der Waals surface area contributed by atoms with Gasteiger partial charge in [0.1, 0.15) is 11.4 Å². The van der Waals surface area contributed by atoms with E-state index in [4.69, 9.17) is 9.72 Å². The number of aromatic nitrogens is 2. The zero-order valence-corrected chi connectivity index (χ0v) is 17.1. The van der Waals surface area contributed by atoms with Crippen LogP contribution < -0.4 is 0 Å². The molecule has 5 atom stereocenters. The topological polar surface area (TPSA) is 78.5 Å². The van der Waals surface area contributed by atoms with E-state index in [1.807, 2.05) is 53.1 Å². The molecule has 4 aliphatic rings. The van der Waals surface area contributed by atoms with Crippen molar-refractivity contribution in [2.45, 2.75) is 37.4 Å². The molecule has 1 aromatic carbocycles. The molecule has 2 amide bonds. The van der Waals surface area contributed by atoms with Gasteiger partial charge in [-0.2, -0.15) is 0 Å². The number of likely N-dealkylation sites (tertiary alicyclic amines) is 2. The van der Waals surface area contributed by atoms with Gasteiger partial charge in [-0.3, -0.25) is 9.59 Å². The number of fused-ring (bicyclic) bond motifs is 2. The molecule has 3 saturated heterocycles. The SMILES string of the molecule is CCN1C[C@@]23C=C[C@@H](O2)[C@H](C(=O)N2CCC[C@@H](c4nc5ccccc5[nH]4)C2)[C@@H]3C1=O. The van der Waals surface area contributed by atoms with E-state index >= 15 is 0 Å². The summed E-state index contributed by atoms with van der Waals surface area (Å²) in [6.45, 7) is 4.55. The molecule has 7 nitrogen and oxygen atoms in total. The number of hydrogen-bond acceptors (Lipinski definition) is 4. The Morgan fingerprint density at radius 1 is 1.37 bits per heavy atom. The molecule has 2 bridgehead atoms. The molecule has 1 N–H and O–H groups in total. The summed E-state index contributed by atoms with van der Waals surface area (Å²) < 4.78 is 6.22. The molecular formula is C23H26N4O3. The van der Waals surface area contributed by atoms with Gasteiger partial charge in [0.05, 0.1) is 35.5 Å². The fraction of sp³-hybridized carbons (Fsp3) is 0.522. The zero-order valence-electron chi connectivity index (χ0n) is 17.1. The van der Waals surface area contributed by atoms with Crippen LogP contribution in [-0.4, -0.2) is 69.5 Å². The van der Waals surface area contributed by atoms with Gasteiger partial charge >= 0.3 is 0 Å². The van der Waals surface area contributed by atoms with Gasteiger partial charge in [-0.25, -0.2) is 4.98 Å². The number of rotatable bonds is 3. The Hall–Kier alpha value is -2.67. The lowest BCUT2D eigenvalue weighted by Crippen LogP contribution is -2.48. The number of piperidine rings is 1. The Morgan fingerprint density at radius 3 is 3.07 bits per heavy atom. The maximum atomic E-state index is 13.6. The van der Waals surface area contributed by atoms with Crippen molar-refractivity contribution in [3.05, 3.63) is 42.2 Å². The van der Waals surface area contributed by atoms with E-state index in [9.17, 15) is 9.59 Å². The third kappa shape index (κ3) is 2.44. The number of para-hydroxylation sites is 2. The number of aromatic amines is 1. The van der Waals surface area contributed by atoms with Crippen molar-refractivity contribution < 1.29 is 14.3 Å². The lowest BCUT2D eigenvalue weighted by Gasteiger charge is -2.35. The van der Waals surface area contributed by atoms with Gasteiger partial charge in [-0.15, -0.1) is 0 Å². The van der Waals surface area contributed by atoms with Crippen LogP contribution in [0, 0.1) is 11.8 Å². The van der Waals surface area contributed by atoms with E-state index in [1.54, 1.807) is 0 Å². The Bertz CT molecular complexity index is 1030. The maximum absolute atomic E-state index is 13.6. The minimum absolute atomic E-state index is 0.0586. The van der Waals surface area contributed by atoms with Crippen LogP contribution in [0.25, 0.3) is 11.0 Å². The molecule has 3 fully saturated rings. The molecule has 7 heteroatoms. The Labute approximate surface area is 175 Å². The highest BCUT2D eigenvalue weighted by atomic mass is 16.5. The summed E-state index contributed by atoms with van der Waals surface area (Å²) in [6, 6.07) is 8.02. The predicted molar refractivity (Wildman–Crippen MR) is 111 cm³/mol. The largest absolute Gasteiger partial charge is 0.360 e. The number of nitrogens with zero attached hydrogens (tertiary/aromatic N) is 3. The van der Waals surface area contributed by atoms with E-state index < -0.39 is 11.5 Å². The average Bonchev–Trinajstić information content (AvgIpc) is 3.52. The smallest absolute Gasteiger partial charge is 0.230 e. The van der Waals surface area contributed by atoms with Gasteiger partial charge in [0.25, 0.3) is 0 Å². The summed E-state index contributed by atoms with van der Waals surface area (Å²) in [6.07, 6.45) is 5.67. The minimum Gasteiger partial charge on any atom is -0.360 e. The quantitative estimate of drug-likeness (QED) is 0.792. The number of ether oxygens (including phenoxy) is 1. The van der Waals surface area contributed by atoms with Crippen LogP contribution >= 0.6 is 0 Å². The fourth-order valence-electron chi connectivity index (χ4n) is 5.91. The Kier molecular flexibility index (Phi) is 3.87. The number of nitrogens with one attached hydrogen (secondary N) is 1. The van der Waals surface area contributed by atoms with Crippen LogP contribution in [0.4, 0.5) is 0 Å². The van der Waals surface area contributed by atoms with Crippen molar-refractivity contribution in [1.29, 1.82) is 0 Å². The molecule has 5 heterocycles. The molecule has 6 rings (SSSR count). The Balaban J connectivity index is 1.25. The van der Waals surface area contributed by atoms with Crippen molar-refractivity contribution in [2.75, 3.05) is 26.2 Å². The molecular weight excluding hydrogens is 380 g/mol.